The van der Waals surface area contributed by atoms with Crippen molar-refractivity contribution >= 4 is 17.3 Å². The average molecular weight is 259 g/mol. The minimum absolute atomic E-state index is 0.326. The molecule has 0 saturated carbocycles. The van der Waals surface area contributed by atoms with Gasteiger partial charge in [-0.05, 0) is 12.1 Å². The highest BCUT2D eigenvalue weighted by molar-refractivity contribution is 6.07. The minimum atomic E-state index is -0.326. The Labute approximate surface area is 109 Å². The van der Waals surface area contributed by atoms with Gasteiger partial charge in [-0.2, -0.15) is 0 Å². The SMILES string of the molecule is COc1ccc(NC(=O)c2cnccc2NN)cn1. The summed E-state index contributed by atoms with van der Waals surface area (Å²) in [5, 5.41) is 2.69. The number of methoxy groups -OCH3 is 1. The van der Waals surface area contributed by atoms with E-state index < -0.39 is 0 Å². The molecule has 19 heavy (non-hydrogen) atoms. The van der Waals surface area contributed by atoms with Crippen LogP contribution in [-0.4, -0.2) is 23.0 Å². The number of hydrogen-bond donors (Lipinski definition) is 3. The predicted molar refractivity (Wildman–Crippen MR) is 70.8 cm³/mol. The van der Waals surface area contributed by atoms with E-state index in [-0.39, 0.29) is 5.91 Å². The molecule has 7 nitrogen and oxygen atoms in total. The first-order valence-electron chi connectivity index (χ1n) is 5.46. The number of rotatable bonds is 4. The first kappa shape index (κ1) is 12.8. The van der Waals surface area contributed by atoms with Crippen molar-refractivity contribution in [2.45, 2.75) is 0 Å². The highest BCUT2D eigenvalue weighted by Crippen LogP contribution is 2.16. The summed E-state index contributed by atoms with van der Waals surface area (Å²) in [6.07, 6.45) is 4.48. The molecule has 0 aliphatic carbocycles. The van der Waals surface area contributed by atoms with Crippen molar-refractivity contribution in [3.63, 3.8) is 0 Å². The molecule has 4 N–H and O–H groups in total. The molecule has 2 heterocycles. The van der Waals surface area contributed by atoms with E-state index in [9.17, 15) is 4.79 Å². The Balaban J connectivity index is 2.16. The van der Waals surface area contributed by atoms with Crippen molar-refractivity contribution in [2.75, 3.05) is 17.9 Å². The van der Waals surface area contributed by atoms with Gasteiger partial charge in [0.15, 0.2) is 0 Å². The number of carbonyl (C=O) groups excluding carboxylic acids is 1. The lowest BCUT2D eigenvalue weighted by atomic mass is 10.2. The number of amides is 1. The van der Waals surface area contributed by atoms with Crippen molar-refractivity contribution in [1.82, 2.24) is 9.97 Å². The van der Waals surface area contributed by atoms with Gasteiger partial charge in [0, 0.05) is 18.5 Å². The zero-order valence-electron chi connectivity index (χ0n) is 10.3. The predicted octanol–water partition coefficient (Wildman–Crippen LogP) is 1.02. The van der Waals surface area contributed by atoms with Crippen LogP contribution in [0.25, 0.3) is 0 Å². The van der Waals surface area contributed by atoms with Crippen molar-refractivity contribution in [3.05, 3.63) is 42.4 Å². The van der Waals surface area contributed by atoms with Crippen LogP contribution >= 0.6 is 0 Å². The number of hydrogen-bond acceptors (Lipinski definition) is 6. The zero-order chi connectivity index (χ0) is 13.7. The first-order valence-corrected chi connectivity index (χ1v) is 5.46. The van der Waals surface area contributed by atoms with Gasteiger partial charge in [-0.1, -0.05) is 0 Å². The Hall–Kier alpha value is -2.67. The summed E-state index contributed by atoms with van der Waals surface area (Å²) in [5.41, 5.74) is 3.84. The molecule has 1 amide bonds. The summed E-state index contributed by atoms with van der Waals surface area (Å²) in [5.74, 6) is 5.48. The van der Waals surface area contributed by atoms with E-state index in [2.05, 4.69) is 20.7 Å². The molecule has 0 fully saturated rings. The number of ether oxygens (including phenoxy) is 1. The number of nitrogen functional groups attached to an aromatic ring is 1. The standard InChI is InChI=1S/C12H13N5O2/c1-19-11-3-2-8(6-15-11)16-12(18)9-7-14-5-4-10(9)17-13/h2-7H,13H2,1H3,(H,14,17)(H,16,18). The van der Waals surface area contributed by atoms with Crippen LogP contribution in [0.4, 0.5) is 11.4 Å². The van der Waals surface area contributed by atoms with E-state index in [4.69, 9.17) is 10.6 Å². The molecule has 0 unspecified atom stereocenters. The lowest BCUT2D eigenvalue weighted by molar-refractivity contribution is 0.102. The van der Waals surface area contributed by atoms with E-state index in [1.807, 2.05) is 0 Å². The highest BCUT2D eigenvalue weighted by atomic mass is 16.5. The second-order valence-electron chi connectivity index (χ2n) is 3.61. The quantitative estimate of drug-likeness (QED) is 0.559. The number of anilines is 2. The van der Waals surface area contributed by atoms with Crippen molar-refractivity contribution in [2.24, 2.45) is 5.84 Å². The summed E-state index contributed by atoms with van der Waals surface area (Å²) >= 11 is 0. The van der Waals surface area contributed by atoms with Crippen molar-refractivity contribution < 1.29 is 9.53 Å². The smallest absolute Gasteiger partial charge is 0.259 e. The highest BCUT2D eigenvalue weighted by Gasteiger charge is 2.11. The third kappa shape index (κ3) is 2.96. The maximum Gasteiger partial charge on any atom is 0.259 e. The molecule has 0 aromatic carbocycles. The van der Waals surface area contributed by atoms with Gasteiger partial charge < -0.3 is 15.5 Å². The van der Waals surface area contributed by atoms with Gasteiger partial charge in [-0.25, -0.2) is 4.98 Å². The number of nitrogens with two attached hydrogens (primary N) is 1. The number of nitrogens with one attached hydrogen (secondary N) is 2. The molecule has 0 radical (unpaired) electrons. The Bertz CT molecular complexity index is 571. The van der Waals surface area contributed by atoms with E-state index in [1.165, 1.54) is 19.5 Å². The summed E-state index contributed by atoms with van der Waals surface area (Å²) in [6.45, 7) is 0. The van der Waals surface area contributed by atoms with Gasteiger partial charge in [0.2, 0.25) is 5.88 Å². The van der Waals surface area contributed by atoms with E-state index in [1.54, 1.807) is 24.4 Å². The molecule has 98 valence electrons. The molecule has 0 saturated heterocycles. The summed E-state index contributed by atoms with van der Waals surface area (Å²) in [7, 11) is 1.52. The number of aromatic nitrogens is 2. The molecule has 0 aliphatic heterocycles. The largest absolute Gasteiger partial charge is 0.481 e. The fourth-order valence-corrected chi connectivity index (χ4v) is 1.47. The summed E-state index contributed by atoms with van der Waals surface area (Å²) in [4.78, 5) is 19.9. The second kappa shape index (κ2) is 5.78. The Morgan fingerprint density at radius 3 is 2.79 bits per heavy atom. The first-order chi connectivity index (χ1) is 9.24. The normalized spacial score (nSPS) is 9.79. The van der Waals surface area contributed by atoms with Gasteiger partial charge in [0.1, 0.15) is 0 Å². The molecule has 0 aliphatic rings. The van der Waals surface area contributed by atoms with Crippen LogP contribution in [0, 0.1) is 0 Å². The summed E-state index contributed by atoms with van der Waals surface area (Å²) in [6, 6.07) is 4.96. The lowest BCUT2D eigenvalue weighted by Crippen LogP contribution is -2.17. The fraction of sp³-hybridized carbons (Fsp3) is 0.0833. The average Bonchev–Trinajstić information content (AvgIpc) is 2.48. The van der Waals surface area contributed by atoms with Crippen LogP contribution in [0.2, 0.25) is 0 Å². The fourth-order valence-electron chi connectivity index (χ4n) is 1.47. The monoisotopic (exact) mass is 259 g/mol. The van der Waals surface area contributed by atoms with Crippen molar-refractivity contribution in [3.8, 4) is 5.88 Å². The van der Waals surface area contributed by atoms with Gasteiger partial charge in [0.05, 0.1) is 30.2 Å². The molecule has 2 rings (SSSR count). The van der Waals surface area contributed by atoms with Crippen LogP contribution in [0.3, 0.4) is 0 Å². The maximum absolute atomic E-state index is 12.0. The van der Waals surface area contributed by atoms with Crippen LogP contribution in [0.1, 0.15) is 10.4 Å². The van der Waals surface area contributed by atoms with Gasteiger partial charge in [0.25, 0.3) is 5.91 Å². The number of hydrazine groups is 1. The molecule has 0 bridgehead atoms. The van der Waals surface area contributed by atoms with E-state index in [0.29, 0.717) is 22.8 Å². The molecule has 2 aromatic rings. The van der Waals surface area contributed by atoms with Crippen LogP contribution in [-0.2, 0) is 0 Å². The van der Waals surface area contributed by atoms with Crippen molar-refractivity contribution in [1.29, 1.82) is 0 Å². The van der Waals surface area contributed by atoms with Crippen LogP contribution in [0.5, 0.6) is 5.88 Å². The molecule has 7 heteroatoms. The maximum atomic E-state index is 12.0. The lowest BCUT2D eigenvalue weighted by Gasteiger charge is -2.09. The number of nitrogens with zero attached hydrogens (tertiary/aromatic N) is 2. The second-order valence-corrected chi connectivity index (χ2v) is 3.61. The Kier molecular flexibility index (Phi) is 3.89. The minimum Gasteiger partial charge on any atom is -0.481 e. The van der Waals surface area contributed by atoms with E-state index >= 15 is 0 Å². The van der Waals surface area contributed by atoms with Gasteiger partial charge >= 0.3 is 0 Å². The van der Waals surface area contributed by atoms with Gasteiger partial charge in [-0.15, -0.1) is 0 Å². The Morgan fingerprint density at radius 2 is 2.16 bits per heavy atom. The number of pyridine rings is 2. The van der Waals surface area contributed by atoms with Crippen LogP contribution < -0.4 is 21.3 Å². The molecule has 0 atom stereocenters. The molecular formula is C12H13N5O2. The third-order valence-corrected chi connectivity index (χ3v) is 2.42. The topological polar surface area (TPSA) is 102 Å². The van der Waals surface area contributed by atoms with E-state index in [0.717, 1.165) is 0 Å². The zero-order valence-corrected chi connectivity index (χ0v) is 10.3. The Morgan fingerprint density at radius 1 is 1.32 bits per heavy atom. The summed E-state index contributed by atoms with van der Waals surface area (Å²) < 4.78 is 4.93. The van der Waals surface area contributed by atoms with Gasteiger partial charge in [-0.3, -0.25) is 15.6 Å². The molecule has 0 spiro atoms. The molecule has 2 aromatic heterocycles. The van der Waals surface area contributed by atoms with Crippen LogP contribution in [0.15, 0.2) is 36.8 Å². The molecular weight excluding hydrogens is 246 g/mol. The third-order valence-electron chi connectivity index (χ3n) is 2.42. The number of carbonyl (C=O) groups is 1.